The van der Waals surface area contributed by atoms with Gasteiger partial charge < -0.3 is 15.0 Å². The molecule has 2 saturated heterocycles. The molecule has 2 aromatic rings. The number of rotatable bonds is 4. The first-order chi connectivity index (χ1) is 13.5. The van der Waals surface area contributed by atoms with E-state index < -0.39 is 0 Å². The number of amides is 2. The van der Waals surface area contributed by atoms with E-state index in [0.29, 0.717) is 11.3 Å². The first-order valence-corrected chi connectivity index (χ1v) is 9.61. The third-order valence-corrected chi connectivity index (χ3v) is 5.65. The van der Waals surface area contributed by atoms with Crippen LogP contribution in [0.3, 0.4) is 0 Å². The molecule has 2 aliphatic rings. The van der Waals surface area contributed by atoms with Gasteiger partial charge in [-0.3, -0.25) is 14.6 Å². The van der Waals surface area contributed by atoms with Crippen molar-refractivity contribution in [3.63, 3.8) is 0 Å². The van der Waals surface area contributed by atoms with E-state index in [1.54, 1.807) is 13.3 Å². The Labute approximate surface area is 164 Å². The fourth-order valence-corrected chi connectivity index (χ4v) is 4.28. The Hall–Kier alpha value is -2.96. The van der Waals surface area contributed by atoms with Crippen LogP contribution < -0.4 is 10.1 Å². The number of aromatic nitrogens is 2. The molecule has 0 radical (unpaired) electrons. The minimum atomic E-state index is -0.202. The van der Waals surface area contributed by atoms with E-state index in [0.717, 1.165) is 37.1 Å². The normalized spacial score (nSPS) is 23.4. The molecule has 1 N–H and O–H groups in total. The molecule has 2 aliphatic heterocycles. The van der Waals surface area contributed by atoms with Gasteiger partial charge >= 0.3 is 0 Å². The molecule has 28 heavy (non-hydrogen) atoms. The van der Waals surface area contributed by atoms with E-state index in [1.165, 1.54) is 6.20 Å². The number of nitrogens with zero attached hydrogens (tertiary/aromatic N) is 3. The van der Waals surface area contributed by atoms with Gasteiger partial charge in [-0.2, -0.15) is 0 Å². The zero-order valence-electron chi connectivity index (χ0n) is 16.1. The highest BCUT2D eigenvalue weighted by Crippen LogP contribution is 2.37. The fourth-order valence-electron chi connectivity index (χ4n) is 4.28. The molecular formula is C21H24N4O3. The molecule has 1 aromatic heterocycles. The van der Waals surface area contributed by atoms with Gasteiger partial charge in [0.2, 0.25) is 0 Å². The summed E-state index contributed by atoms with van der Waals surface area (Å²) in [4.78, 5) is 35.8. The van der Waals surface area contributed by atoms with Crippen molar-refractivity contribution in [2.24, 2.45) is 0 Å². The zero-order chi connectivity index (χ0) is 19.7. The molecule has 2 amide bonds. The Morgan fingerprint density at radius 1 is 1.07 bits per heavy atom. The monoisotopic (exact) mass is 380 g/mol. The number of fused-ring (bicyclic) bond motifs is 2. The summed E-state index contributed by atoms with van der Waals surface area (Å²) in [6.07, 6.45) is 6.58. The number of nitrogens with one attached hydrogen (secondary N) is 1. The molecule has 3 heterocycles. The molecule has 4 rings (SSSR count). The molecule has 0 aliphatic carbocycles. The van der Waals surface area contributed by atoms with Gasteiger partial charge in [0.1, 0.15) is 11.4 Å². The predicted octanol–water partition coefficient (Wildman–Crippen LogP) is 2.36. The average molecular weight is 380 g/mol. The van der Waals surface area contributed by atoms with Crippen LogP contribution >= 0.6 is 0 Å². The minimum Gasteiger partial charge on any atom is -0.497 e. The molecule has 146 valence electrons. The average Bonchev–Trinajstić information content (AvgIpc) is 2.98. The van der Waals surface area contributed by atoms with E-state index in [4.69, 9.17) is 4.74 Å². The van der Waals surface area contributed by atoms with E-state index >= 15 is 0 Å². The second-order valence-electron chi connectivity index (χ2n) is 7.51. The first-order valence-electron chi connectivity index (χ1n) is 9.61. The second-order valence-corrected chi connectivity index (χ2v) is 7.51. The predicted molar refractivity (Wildman–Crippen MR) is 103 cm³/mol. The van der Waals surface area contributed by atoms with Crippen LogP contribution in [0.25, 0.3) is 0 Å². The maximum Gasteiger partial charge on any atom is 0.271 e. The largest absolute Gasteiger partial charge is 0.497 e. The maximum absolute atomic E-state index is 13.0. The Kier molecular flexibility index (Phi) is 4.98. The third-order valence-electron chi connectivity index (χ3n) is 5.65. The molecule has 2 atom stereocenters. The topological polar surface area (TPSA) is 84.4 Å². The summed E-state index contributed by atoms with van der Waals surface area (Å²) in [6.45, 7) is 1.84. The number of methoxy groups -OCH3 is 1. The number of carbonyl (C=O) groups is 2. The summed E-state index contributed by atoms with van der Waals surface area (Å²) in [7, 11) is 1.61. The summed E-state index contributed by atoms with van der Waals surface area (Å²) in [5.74, 6) is 0.594. The van der Waals surface area contributed by atoms with Gasteiger partial charge in [-0.05, 0) is 56.9 Å². The van der Waals surface area contributed by atoms with Gasteiger partial charge in [0.15, 0.2) is 0 Å². The summed E-state index contributed by atoms with van der Waals surface area (Å²) >= 11 is 0. The molecule has 0 saturated carbocycles. The van der Waals surface area contributed by atoms with Crippen LogP contribution in [0.15, 0.2) is 36.7 Å². The Balaban J connectivity index is 1.41. The van der Waals surface area contributed by atoms with Gasteiger partial charge in [0, 0.05) is 29.9 Å². The van der Waals surface area contributed by atoms with Crippen molar-refractivity contribution in [2.75, 3.05) is 7.11 Å². The standard InChI is InChI=1S/C21H24N4O3/c1-13-11-23-19(12-22-13)20(26)24-15-9-16-5-6-17(10-15)25(16)21(27)14-3-7-18(28-2)8-4-14/h3-4,7-8,11-12,15-17H,5-6,9-10H2,1-2H3,(H,24,26). The molecule has 2 unspecified atom stereocenters. The van der Waals surface area contributed by atoms with Crippen LogP contribution in [-0.2, 0) is 0 Å². The lowest BCUT2D eigenvalue weighted by Gasteiger charge is -2.39. The van der Waals surface area contributed by atoms with Crippen LogP contribution in [0.4, 0.5) is 0 Å². The van der Waals surface area contributed by atoms with Crippen molar-refractivity contribution in [2.45, 2.75) is 50.7 Å². The van der Waals surface area contributed by atoms with Crippen molar-refractivity contribution in [1.29, 1.82) is 0 Å². The highest BCUT2D eigenvalue weighted by Gasteiger charge is 2.43. The number of aryl methyl sites for hydroxylation is 1. The number of benzene rings is 1. The molecule has 7 heteroatoms. The van der Waals surface area contributed by atoms with E-state index in [-0.39, 0.29) is 29.9 Å². The lowest BCUT2D eigenvalue weighted by molar-refractivity contribution is 0.0549. The molecule has 2 bridgehead atoms. The van der Waals surface area contributed by atoms with Crippen molar-refractivity contribution < 1.29 is 14.3 Å². The number of piperidine rings is 1. The van der Waals surface area contributed by atoms with Crippen LogP contribution in [0.1, 0.15) is 52.2 Å². The molecular weight excluding hydrogens is 356 g/mol. The summed E-state index contributed by atoms with van der Waals surface area (Å²) < 4.78 is 5.17. The maximum atomic E-state index is 13.0. The van der Waals surface area contributed by atoms with Crippen molar-refractivity contribution >= 4 is 11.8 Å². The highest BCUT2D eigenvalue weighted by atomic mass is 16.5. The van der Waals surface area contributed by atoms with E-state index in [9.17, 15) is 9.59 Å². The number of ether oxygens (including phenoxy) is 1. The smallest absolute Gasteiger partial charge is 0.271 e. The van der Waals surface area contributed by atoms with Crippen LogP contribution in [0.2, 0.25) is 0 Å². The first kappa shape index (κ1) is 18.4. The second kappa shape index (κ2) is 7.58. The van der Waals surface area contributed by atoms with E-state index in [2.05, 4.69) is 15.3 Å². The van der Waals surface area contributed by atoms with Gasteiger partial charge in [0.05, 0.1) is 19.0 Å². The quantitative estimate of drug-likeness (QED) is 0.880. The lowest BCUT2D eigenvalue weighted by atomic mass is 9.96. The van der Waals surface area contributed by atoms with Gasteiger partial charge in [-0.25, -0.2) is 4.98 Å². The van der Waals surface area contributed by atoms with Crippen LogP contribution in [-0.4, -0.2) is 51.9 Å². The molecule has 0 spiro atoms. The Bertz CT molecular complexity index is 852. The molecule has 2 fully saturated rings. The van der Waals surface area contributed by atoms with Crippen LogP contribution in [0.5, 0.6) is 5.75 Å². The summed E-state index contributed by atoms with van der Waals surface area (Å²) in [5, 5.41) is 3.07. The van der Waals surface area contributed by atoms with Gasteiger partial charge in [-0.15, -0.1) is 0 Å². The minimum absolute atomic E-state index is 0.0491. The van der Waals surface area contributed by atoms with Gasteiger partial charge in [-0.1, -0.05) is 0 Å². The SMILES string of the molecule is COc1ccc(C(=O)N2C3CCC2CC(NC(=O)c2cnc(C)cn2)C3)cc1. The highest BCUT2D eigenvalue weighted by molar-refractivity contribution is 5.95. The summed E-state index contributed by atoms with van der Waals surface area (Å²) in [6, 6.07) is 7.60. The molecule has 1 aromatic carbocycles. The van der Waals surface area contributed by atoms with Crippen molar-refractivity contribution in [1.82, 2.24) is 20.2 Å². The fraction of sp³-hybridized carbons (Fsp3) is 0.429. The third kappa shape index (κ3) is 3.56. The summed E-state index contributed by atoms with van der Waals surface area (Å²) in [5.41, 5.74) is 1.78. The number of carbonyl (C=O) groups excluding carboxylic acids is 2. The van der Waals surface area contributed by atoms with Crippen LogP contribution in [0, 0.1) is 6.92 Å². The molecule has 7 nitrogen and oxygen atoms in total. The number of hydrogen-bond donors (Lipinski definition) is 1. The van der Waals surface area contributed by atoms with Gasteiger partial charge in [0.25, 0.3) is 11.8 Å². The van der Waals surface area contributed by atoms with Crippen molar-refractivity contribution in [3.05, 3.63) is 53.6 Å². The zero-order valence-corrected chi connectivity index (χ0v) is 16.1. The Morgan fingerprint density at radius 3 is 2.32 bits per heavy atom. The van der Waals surface area contributed by atoms with E-state index in [1.807, 2.05) is 36.1 Å². The Morgan fingerprint density at radius 2 is 1.75 bits per heavy atom. The van der Waals surface area contributed by atoms with Crippen molar-refractivity contribution in [3.8, 4) is 5.75 Å². The lowest BCUT2D eigenvalue weighted by Crippen LogP contribution is -2.52. The number of hydrogen-bond acceptors (Lipinski definition) is 5.